The fourth-order valence-electron chi connectivity index (χ4n) is 0.798. The van der Waals surface area contributed by atoms with Gasteiger partial charge in [0.1, 0.15) is 5.69 Å². The number of hydrazine groups is 1. The molecular weight excluding hydrogens is 128 g/mol. The normalized spacial score (nSPS) is 13.2. The molecule has 1 aromatic heterocycles. The van der Waals surface area contributed by atoms with Gasteiger partial charge in [0.05, 0.1) is 0 Å². The largest absolute Gasteiger partial charge is 0.307 e. The lowest BCUT2D eigenvalue weighted by Crippen LogP contribution is -2.19. The summed E-state index contributed by atoms with van der Waals surface area (Å²) in [5.74, 6) is 0.769. The van der Waals surface area contributed by atoms with Crippen molar-refractivity contribution in [2.75, 3.05) is 5.43 Å². The molecule has 1 aromatic rings. The van der Waals surface area contributed by atoms with Crippen LogP contribution in [0.25, 0.3) is 6.08 Å². The predicted octanol–water partition coefficient (Wildman–Crippen LogP) is 0.377. The Morgan fingerprint density at radius 2 is 2.10 bits per heavy atom. The molecular formula is C6H6N4. The molecule has 0 radical (unpaired) electrons. The van der Waals surface area contributed by atoms with Crippen molar-refractivity contribution in [3.8, 4) is 0 Å². The molecule has 2 rings (SSSR count). The molecule has 0 aromatic carbocycles. The van der Waals surface area contributed by atoms with Gasteiger partial charge in [-0.2, -0.15) is 0 Å². The second-order valence-electron chi connectivity index (χ2n) is 1.89. The Morgan fingerprint density at radius 3 is 3.00 bits per heavy atom. The number of fused-ring (bicyclic) bond motifs is 1. The second kappa shape index (κ2) is 1.98. The van der Waals surface area contributed by atoms with E-state index in [-0.39, 0.29) is 0 Å². The highest BCUT2D eigenvalue weighted by Crippen LogP contribution is 2.10. The van der Waals surface area contributed by atoms with E-state index in [0.717, 1.165) is 11.5 Å². The van der Waals surface area contributed by atoms with Crippen LogP contribution in [0, 0.1) is 0 Å². The molecule has 0 bridgehead atoms. The van der Waals surface area contributed by atoms with Crippen LogP contribution in [0.4, 0.5) is 5.82 Å². The number of hydrogen-bond donors (Lipinski definition) is 2. The van der Waals surface area contributed by atoms with Gasteiger partial charge < -0.3 is 5.43 Å². The summed E-state index contributed by atoms with van der Waals surface area (Å²) in [5, 5.41) is 0. The summed E-state index contributed by atoms with van der Waals surface area (Å²) in [6.45, 7) is 0. The van der Waals surface area contributed by atoms with Crippen molar-refractivity contribution >= 4 is 11.9 Å². The molecule has 0 atom stereocenters. The van der Waals surface area contributed by atoms with Crippen LogP contribution in [0.1, 0.15) is 5.69 Å². The van der Waals surface area contributed by atoms with Gasteiger partial charge in [0.15, 0.2) is 5.82 Å². The smallest absolute Gasteiger partial charge is 0.170 e. The lowest BCUT2D eigenvalue weighted by atomic mass is 10.4. The average molecular weight is 134 g/mol. The molecule has 50 valence electrons. The molecule has 2 heterocycles. The monoisotopic (exact) mass is 134 g/mol. The standard InChI is InChI=1S/C6H6N4/c1-2-9-10-6-5(1)7-3-4-8-6/h1-4,9H,(H,8,10). The molecule has 0 saturated heterocycles. The van der Waals surface area contributed by atoms with Gasteiger partial charge in [-0.1, -0.05) is 0 Å². The highest BCUT2D eigenvalue weighted by molar-refractivity contribution is 5.60. The highest BCUT2D eigenvalue weighted by Gasteiger charge is 2.02. The summed E-state index contributed by atoms with van der Waals surface area (Å²) in [5.41, 5.74) is 6.52. The van der Waals surface area contributed by atoms with Crippen LogP contribution in [-0.4, -0.2) is 9.97 Å². The van der Waals surface area contributed by atoms with Gasteiger partial charge in [0.25, 0.3) is 0 Å². The molecule has 2 N–H and O–H groups in total. The lowest BCUT2D eigenvalue weighted by molar-refractivity contribution is 0.995. The topological polar surface area (TPSA) is 49.8 Å². The summed E-state index contributed by atoms with van der Waals surface area (Å²) in [4.78, 5) is 8.10. The molecule has 10 heavy (non-hydrogen) atoms. The third-order valence-electron chi connectivity index (χ3n) is 1.24. The summed E-state index contributed by atoms with van der Waals surface area (Å²) < 4.78 is 0. The van der Waals surface area contributed by atoms with Gasteiger partial charge in [-0.3, -0.25) is 10.4 Å². The van der Waals surface area contributed by atoms with E-state index < -0.39 is 0 Å². The Balaban J connectivity index is 2.54. The Labute approximate surface area is 58.0 Å². The Kier molecular flexibility index (Phi) is 1.04. The first-order valence-corrected chi connectivity index (χ1v) is 2.96. The highest BCUT2D eigenvalue weighted by atomic mass is 15.4. The van der Waals surface area contributed by atoms with Crippen molar-refractivity contribution in [1.82, 2.24) is 15.4 Å². The molecule has 0 spiro atoms. The average Bonchev–Trinajstić information content (AvgIpc) is 2.05. The maximum Gasteiger partial charge on any atom is 0.170 e. The second-order valence-corrected chi connectivity index (χ2v) is 1.89. The van der Waals surface area contributed by atoms with E-state index in [0.29, 0.717) is 0 Å². The van der Waals surface area contributed by atoms with Crippen LogP contribution in [0.3, 0.4) is 0 Å². The molecule has 0 unspecified atom stereocenters. The number of aromatic nitrogens is 2. The van der Waals surface area contributed by atoms with Crippen LogP contribution in [-0.2, 0) is 0 Å². The van der Waals surface area contributed by atoms with Crippen molar-refractivity contribution in [3.63, 3.8) is 0 Å². The third kappa shape index (κ3) is 0.699. The quantitative estimate of drug-likeness (QED) is 0.538. The molecule has 0 aliphatic carbocycles. The van der Waals surface area contributed by atoms with E-state index in [1.165, 1.54) is 0 Å². The van der Waals surface area contributed by atoms with E-state index in [1.54, 1.807) is 18.6 Å². The number of nitrogens with one attached hydrogen (secondary N) is 2. The van der Waals surface area contributed by atoms with Crippen molar-refractivity contribution < 1.29 is 0 Å². The molecule has 0 fully saturated rings. The molecule has 4 nitrogen and oxygen atoms in total. The zero-order chi connectivity index (χ0) is 6.81. The molecule has 1 aliphatic rings. The van der Waals surface area contributed by atoms with Gasteiger partial charge in [-0.25, -0.2) is 4.98 Å². The van der Waals surface area contributed by atoms with Crippen LogP contribution in [0.5, 0.6) is 0 Å². The number of hydrogen-bond acceptors (Lipinski definition) is 4. The zero-order valence-corrected chi connectivity index (χ0v) is 5.20. The molecule has 0 amide bonds. The summed E-state index contributed by atoms with van der Waals surface area (Å²) in [7, 11) is 0. The number of rotatable bonds is 0. The van der Waals surface area contributed by atoms with Gasteiger partial charge >= 0.3 is 0 Å². The Hall–Kier alpha value is -1.58. The molecule has 4 heteroatoms. The fraction of sp³-hybridized carbons (Fsp3) is 0. The first kappa shape index (κ1) is 5.22. The number of nitrogens with zero attached hydrogens (tertiary/aromatic N) is 2. The van der Waals surface area contributed by atoms with E-state index >= 15 is 0 Å². The van der Waals surface area contributed by atoms with Crippen molar-refractivity contribution in [3.05, 3.63) is 24.3 Å². The third-order valence-corrected chi connectivity index (χ3v) is 1.24. The minimum atomic E-state index is 0.769. The first-order chi connectivity index (χ1) is 4.97. The fourth-order valence-corrected chi connectivity index (χ4v) is 0.798. The Bertz CT molecular complexity index is 268. The van der Waals surface area contributed by atoms with E-state index in [9.17, 15) is 0 Å². The summed E-state index contributed by atoms with van der Waals surface area (Å²) in [6.07, 6.45) is 6.94. The van der Waals surface area contributed by atoms with Crippen molar-refractivity contribution in [2.45, 2.75) is 0 Å². The van der Waals surface area contributed by atoms with Gasteiger partial charge in [-0.05, 0) is 6.08 Å². The first-order valence-electron chi connectivity index (χ1n) is 2.96. The maximum absolute atomic E-state index is 4.07. The van der Waals surface area contributed by atoms with E-state index in [2.05, 4.69) is 20.8 Å². The number of anilines is 1. The zero-order valence-electron chi connectivity index (χ0n) is 5.20. The lowest BCUT2D eigenvalue weighted by Gasteiger charge is -2.10. The van der Waals surface area contributed by atoms with Gasteiger partial charge in [0, 0.05) is 18.6 Å². The van der Waals surface area contributed by atoms with Crippen molar-refractivity contribution in [2.24, 2.45) is 0 Å². The van der Waals surface area contributed by atoms with E-state index in [4.69, 9.17) is 0 Å². The van der Waals surface area contributed by atoms with Crippen molar-refractivity contribution in [1.29, 1.82) is 0 Å². The molecule has 1 aliphatic heterocycles. The van der Waals surface area contributed by atoms with Crippen LogP contribution >= 0.6 is 0 Å². The Morgan fingerprint density at radius 1 is 1.20 bits per heavy atom. The van der Waals surface area contributed by atoms with Gasteiger partial charge in [-0.15, -0.1) is 0 Å². The summed E-state index contributed by atoms with van der Waals surface area (Å²) in [6, 6.07) is 0. The minimum absolute atomic E-state index is 0.769. The van der Waals surface area contributed by atoms with Crippen LogP contribution in [0.2, 0.25) is 0 Å². The SMILES string of the molecule is C1=Cc2nccnc2NN1. The van der Waals surface area contributed by atoms with Crippen LogP contribution in [0.15, 0.2) is 18.6 Å². The van der Waals surface area contributed by atoms with Crippen LogP contribution < -0.4 is 10.9 Å². The van der Waals surface area contributed by atoms with E-state index in [1.807, 2.05) is 6.08 Å². The van der Waals surface area contributed by atoms with Gasteiger partial charge in [0.2, 0.25) is 0 Å². The minimum Gasteiger partial charge on any atom is -0.307 e. The molecule has 0 saturated carbocycles. The predicted molar refractivity (Wildman–Crippen MR) is 37.8 cm³/mol. The maximum atomic E-state index is 4.07. The summed E-state index contributed by atoms with van der Waals surface area (Å²) >= 11 is 0.